The highest BCUT2D eigenvalue weighted by Gasteiger charge is 2.46. The molecule has 1 saturated heterocycles. The number of aromatic hydroxyl groups is 1. The maximum absolute atomic E-state index is 13.3. The van der Waals surface area contributed by atoms with E-state index in [-0.39, 0.29) is 17.1 Å². The second-order valence-corrected chi connectivity index (χ2v) is 9.22. The molecule has 7 heteroatoms. The number of para-hydroxylation sites is 1. The van der Waals surface area contributed by atoms with Gasteiger partial charge in [-0.15, -0.1) is 0 Å². The third-order valence-electron chi connectivity index (χ3n) is 5.98. The van der Waals surface area contributed by atoms with Crippen LogP contribution in [0, 0.1) is 0 Å². The fourth-order valence-corrected chi connectivity index (χ4v) is 4.49. The molecule has 0 bridgehead atoms. The average molecular weight is 541 g/mol. The number of phenols is 1. The van der Waals surface area contributed by atoms with Crippen molar-refractivity contribution < 1.29 is 19.8 Å². The van der Waals surface area contributed by atoms with Crippen LogP contribution in [0.15, 0.2) is 113 Å². The summed E-state index contributed by atoms with van der Waals surface area (Å²) in [5.74, 6) is -1.72. The van der Waals surface area contributed by atoms with Gasteiger partial charge in [-0.3, -0.25) is 14.5 Å². The molecule has 3 N–H and O–H groups in total. The lowest BCUT2D eigenvalue weighted by Gasteiger charge is -2.25. The first kappa shape index (κ1) is 23.4. The Morgan fingerprint density at radius 2 is 1.39 bits per heavy atom. The van der Waals surface area contributed by atoms with Gasteiger partial charge in [0.15, 0.2) is 0 Å². The summed E-state index contributed by atoms with van der Waals surface area (Å²) in [6, 6.07) is 29.1. The molecule has 0 radical (unpaired) electrons. The molecule has 1 fully saturated rings. The van der Waals surface area contributed by atoms with E-state index in [2.05, 4.69) is 21.2 Å². The highest BCUT2D eigenvalue weighted by molar-refractivity contribution is 9.10. The van der Waals surface area contributed by atoms with Crippen molar-refractivity contribution in [2.24, 2.45) is 0 Å². The summed E-state index contributed by atoms with van der Waals surface area (Å²) < 4.78 is 0.818. The van der Waals surface area contributed by atoms with Crippen LogP contribution < -0.4 is 10.2 Å². The number of nitrogens with zero attached hydrogens (tertiary/aromatic N) is 1. The smallest absolute Gasteiger partial charge is 0.300 e. The summed E-state index contributed by atoms with van der Waals surface area (Å²) in [5, 5.41) is 24.3. The number of halogens is 1. The van der Waals surface area contributed by atoms with Crippen molar-refractivity contribution in [3.05, 3.63) is 124 Å². The third kappa shape index (κ3) is 4.48. The number of aliphatic hydroxyl groups is 1. The van der Waals surface area contributed by atoms with E-state index < -0.39 is 17.7 Å². The SMILES string of the molecule is O=C1C(=O)N(c2ccc(Nc3ccccc3)cc2)C(c2ccc(O)cc2)/C1=C(\O)c1ccc(Br)cc1. The number of ketones is 1. The van der Waals surface area contributed by atoms with Crippen LogP contribution in [0.3, 0.4) is 0 Å². The Labute approximate surface area is 216 Å². The Morgan fingerprint density at radius 3 is 2.03 bits per heavy atom. The quantitative estimate of drug-likeness (QED) is 0.152. The normalized spacial score (nSPS) is 16.8. The van der Waals surface area contributed by atoms with Crippen LogP contribution in [-0.2, 0) is 9.59 Å². The van der Waals surface area contributed by atoms with Crippen molar-refractivity contribution in [2.75, 3.05) is 10.2 Å². The number of benzene rings is 4. The summed E-state index contributed by atoms with van der Waals surface area (Å²) >= 11 is 3.37. The lowest BCUT2D eigenvalue weighted by molar-refractivity contribution is -0.132. The number of Topliss-reactive ketones (excluding diaryl/α,β-unsaturated/α-hetero) is 1. The van der Waals surface area contributed by atoms with Crippen molar-refractivity contribution in [3.8, 4) is 5.75 Å². The van der Waals surface area contributed by atoms with Crippen molar-refractivity contribution in [1.82, 2.24) is 0 Å². The Kier molecular flexibility index (Phi) is 6.31. The zero-order valence-corrected chi connectivity index (χ0v) is 20.5. The summed E-state index contributed by atoms with van der Waals surface area (Å²) in [6.07, 6.45) is 0. The first-order chi connectivity index (χ1) is 17.4. The van der Waals surface area contributed by atoms with Gasteiger partial charge >= 0.3 is 0 Å². The maximum Gasteiger partial charge on any atom is 0.300 e. The van der Waals surface area contributed by atoms with Gasteiger partial charge in [-0.05, 0) is 66.2 Å². The molecule has 0 aromatic heterocycles. The van der Waals surface area contributed by atoms with Crippen molar-refractivity contribution in [2.45, 2.75) is 6.04 Å². The minimum Gasteiger partial charge on any atom is -0.508 e. The Bertz CT molecular complexity index is 1450. The molecule has 4 aromatic rings. The zero-order valence-electron chi connectivity index (χ0n) is 18.9. The standard InChI is InChI=1S/C29H21BrN2O4/c30-20-10-6-19(7-11-20)27(34)25-26(18-8-16-24(33)17-9-18)32(29(36)28(25)35)23-14-12-22(13-15-23)31-21-4-2-1-3-5-21/h1-17,26,31,33-34H/b27-25+. The molecular formula is C29H21BrN2O4. The first-order valence-corrected chi connectivity index (χ1v) is 12.0. The fourth-order valence-electron chi connectivity index (χ4n) is 4.23. The summed E-state index contributed by atoms with van der Waals surface area (Å²) in [5.41, 5.74) is 3.23. The van der Waals surface area contributed by atoms with Crippen molar-refractivity contribution in [1.29, 1.82) is 0 Å². The predicted molar refractivity (Wildman–Crippen MR) is 143 cm³/mol. The molecule has 36 heavy (non-hydrogen) atoms. The average Bonchev–Trinajstić information content (AvgIpc) is 3.16. The number of anilines is 3. The van der Waals surface area contributed by atoms with E-state index >= 15 is 0 Å². The molecule has 0 spiro atoms. The molecule has 1 amide bonds. The number of amides is 1. The summed E-state index contributed by atoms with van der Waals surface area (Å²) in [6.45, 7) is 0. The molecule has 0 aliphatic carbocycles. The van der Waals surface area contributed by atoms with Crippen LogP contribution in [0.5, 0.6) is 5.75 Å². The van der Waals surface area contributed by atoms with Crippen LogP contribution in [0.25, 0.3) is 5.76 Å². The number of carbonyl (C=O) groups is 2. The van der Waals surface area contributed by atoms with E-state index in [1.54, 1.807) is 48.5 Å². The number of aliphatic hydroxyl groups excluding tert-OH is 1. The molecule has 6 nitrogen and oxygen atoms in total. The minimum absolute atomic E-state index is 0.0144. The number of carbonyl (C=O) groups excluding carboxylic acids is 2. The minimum atomic E-state index is -0.873. The highest BCUT2D eigenvalue weighted by Crippen LogP contribution is 2.42. The van der Waals surface area contributed by atoms with E-state index in [0.29, 0.717) is 16.8 Å². The van der Waals surface area contributed by atoms with Crippen molar-refractivity contribution in [3.63, 3.8) is 0 Å². The van der Waals surface area contributed by atoms with E-state index in [1.807, 2.05) is 42.5 Å². The van der Waals surface area contributed by atoms with Crippen LogP contribution >= 0.6 is 15.9 Å². The number of phenolic OH excluding ortho intramolecular Hbond substituents is 1. The largest absolute Gasteiger partial charge is 0.508 e. The van der Waals surface area contributed by atoms with Crippen LogP contribution in [0.2, 0.25) is 0 Å². The third-order valence-corrected chi connectivity index (χ3v) is 6.51. The molecule has 4 aromatic carbocycles. The van der Waals surface area contributed by atoms with Gasteiger partial charge < -0.3 is 15.5 Å². The Balaban J connectivity index is 1.58. The molecule has 1 heterocycles. The number of nitrogens with one attached hydrogen (secondary N) is 1. The molecule has 1 atom stereocenters. The van der Waals surface area contributed by atoms with Crippen LogP contribution in [-0.4, -0.2) is 21.9 Å². The molecule has 1 aliphatic heterocycles. The van der Waals surface area contributed by atoms with Gasteiger partial charge in [-0.2, -0.15) is 0 Å². The van der Waals surface area contributed by atoms with E-state index in [9.17, 15) is 19.8 Å². The van der Waals surface area contributed by atoms with Crippen molar-refractivity contribution >= 4 is 50.4 Å². The fraction of sp³-hybridized carbons (Fsp3) is 0.0345. The number of hydrogen-bond acceptors (Lipinski definition) is 5. The van der Waals surface area contributed by atoms with Gasteiger partial charge in [0.05, 0.1) is 11.6 Å². The van der Waals surface area contributed by atoms with Gasteiger partial charge in [0, 0.05) is 27.1 Å². The van der Waals surface area contributed by atoms with Gasteiger partial charge in [-0.1, -0.05) is 58.4 Å². The monoisotopic (exact) mass is 540 g/mol. The second kappa shape index (κ2) is 9.71. The summed E-state index contributed by atoms with van der Waals surface area (Å²) in [7, 11) is 0. The van der Waals surface area contributed by atoms with Gasteiger partial charge in [0.25, 0.3) is 11.7 Å². The first-order valence-electron chi connectivity index (χ1n) is 11.2. The van der Waals surface area contributed by atoms with Gasteiger partial charge in [0.1, 0.15) is 11.5 Å². The molecule has 5 rings (SSSR count). The number of hydrogen-bond donors (Lipinski definition) is 3. The summed E-state index contributed by atoms with van der Waals surface area (Å²) in [4.78, 5) is 27.9. The lowest BCUT2D eigenvalue weighted by atomic mass is 9.95. The molecule has 0 saturated carbocycles. The molecule has 178 valence electrons. The van der Waals surface area contributed by atoms with E-state index in [4.69, 9.17) is 0 Å². The Hall–Kier alpha value is -4.36. The van der Waals surface area contributed by atoms with E-state index in [0.717, 1.165) is 15.8 Å². The van der Waals surface area contributed by atoms with Gasteiger partial charge in [0.2, 0.25) is 0 Å². The van der Waals surface area contributed by atoms with Gasteiger partial charge in [-0.25, -0.2) is 0 Å². The lowest BCUT2D eigenvalue weighted by Crippen LogP contribution is -2.29. The topological polar surface area (TPSA) is 89.9 Å². The highest BCUT2D eigenvalue weighted by atomic mass is 79.9. The Morgan fingerprint density at radius 1 is 0.778 bits per heavy atom. The maximum atomic E-state index is 13.3. The van der Waals surface area contributed by atoms with Crippen LogP contribution in [0.1, 0.15) is 17.2 Å². The zero-order chi connectivity index (χ0) is 25.2. The molecular weight excluding hydrogens is 520 g/mol. The molecule has 1 unspecified atom stereocenters. The molecule has 1 aliphatic rings. The number of rotatable bonds is 5. The second-order valence-electron chi connectivity index (χ2n) is 8.31. The van der Waals surface area contributed by atoms with Crippen LogP contribution in [0.4, 0.5) is 17.1 Å². The van der Waals surface area contributed by atoms with E-state index in [1.165, 1.54) is 17.0 Å². The predicted octanol–water partition coefficient (Wildman–Crippen LogP) is 6.52.